The van der Waals surface area contributed by atoms with E-state index >= 15 is 0 Å². The van der Waals surface area contributed by atoms with Crippen LogP contribution in [-0.2, 0) is 19.1 Å². The molecule has 0 aliphatic carbocycles. The first-order chi connectivity index (χ1) is 13.0. The summed E-state index contributed by atoms with van der Waals surface area (Å²) in [7, 11) is 1.26. The Bertz CT molecular complexity index is 908. The lowest BCUT2D eigenvalue weighted by atomic mass is 10.1. The van der Waals surface area contributed by atoms with Crippen molar-refractivity contribution in [3.63, 3.8) is 0 Å². The Kier molecular flexibility index (Phi) is 5.52. The van der Waals surface area contributed by atoms with Crippen molar-refractivity contribution in [2.75, 3.05) is 31.6 Å². The van der Waals surface area contributed by atoms with Crippen molar-refractivity contribution in [3.8, 4) is 6.07 Å². The number of aromatic nitrogens is 1. The van der Waals surface area contributed by atoms with Gasteiger partial charge < -0.3 is 19.7 Å². The minimum atomic E-state index is -0.722. The SMILES string of the molecule is COC(=O)CNC(=O)[C@H]1CN(c2ccc(C#N)c3ncccc23)C[C@@H](C)O1. The van der Waals surface area contributed by atoms with Crippen LogP contribution < -0.4 is 10.2 Å². The molecule has 1 N–H and O–H groups in total. The average Bonchev–Trinajstić information content (AvgIpc) is 2.70. The Morgan fingerprint density at radius 2 is 2.22 bits per heavy atom. The number of methoxy groups -OCH3 is 1. The van der Waals surface area contributed by atoms with Gasteiger partial charge >= 0.3 is 5.97 Å². The number of nitrogens with one attached hydrogen (secondary N) is 1. The largest absolute Gasteiger partial charge is 0.468 e. The predicted octanol–water partition coefficient (Wildman–Crippen LogP) is 0.989. The van der Waals surface area contributed by atoms with E-state index < -0.39 is 12.1 Å². The summed E-state index contributed by atoms with van der Waals surface area (Å²) in [5.41, 5.74) is 2.02. The Labute approximate surface area is 156 Å². The fourth-order valence-corrected chi connectivity index (χ4v) is 3.16. The molecule has 1 fully saturated rings. The zero-order valence-corrected chi connectivity index (χ0v) is 15.1. The zero-order valence-electron chi connectivity index (χ0n) is 15.1. The van der Waals surface area contributed by atoms with Gasteiger partial charge in [-0.05, 0) is 31.2 Å². The van der Waals surface area contributed by atoms with Crippen molar-refractivity contribution in [1.82, 2.24) is 10.3 Å². The van der Waals surface area contributed by atoms with Gasteiger partial charge in [0.25, 0.3) is 5.91 Å². The lowest BCUT2D eigenvalue weighted by Crippen LogP contribution is -2.53. The average molecular weight is 368 g/mol. The first-order valence-corrected chi connectivity index (χ1v) is 8.56. The molecule has 0 radical (unpaired) electrons. The maximum absolute atomic E-state index is 12.4. The van der Waals surface area contributed by atoms with E-state index in [0.717, 1.165) is 11.1 Å². The van der Waals surface area contributed by atoms with Gasteiger partial charge in [0.1, 0.15) is 12.6 Å². The third kappa shape index (κ3) is 3.99. The molecular formula is C19H20N4O4. The number of hydrogen-bond donors (Lipinski definition) is 1. The van der Waals surface area contributed by atoms with Crippen LogP contribution in [-0.4, -0.2) is 55.8 Å². The predicted molar refractivity (Wildman–Crippen MR) is 98.0 cm³/mol. The third-order valence-corrected chi connectivity index (χ3v) is 4.40. The molecule has 1 aromatic carbocycles. The highest BCUT2D eigenvalue weighted by Crippen LogP contribution is 2.30. The van der Waals surface area contributed by atoms with Gasteiger partial charge in [0.15, 0.2) is 6.10 Å². The van der Waals surface area contributed by atoms with Crippen molar-refractivity contribution in [2.24, 2.45) is 0 Å². The number of hydrogen-bond acceptors (Lipinski definition) is 7. The van der Waals surface area contributed by atoms with Crippen molar-refractivity contribution < 1.29 is 19.1 Å². The number of morpholine rings is 1. The molecule has 2 atom stereocenters. The number of rotatable bonds is 4. The first-order valence-electron chi connectivity index (χ1n) is 8.56. The summed E-state index contributed by atoms with van der Waals surface area (Å²) in [6, 6.07) is 9.48. The van der Waals surface area contributed by atoms with E-state index in [1.807, 2.05) is 30.0 Å². The lowest BCUT2D eigenvalue weighted by Gasteiger charge is -2.38. The number of benzene rings is 1. The molecule has 1 amide bonds. The molecule has 3 rings (SSSR count). The molecule has 0 saturated carbocycles. The van der Waals surface area contributed by atoms with E-state index in [-0.39, 0.29) is 18.6 Å². The first kappa shape index (κ1) is 18.6. The molecule has 0 unspecified atom stereocenters. The summed E-state index contributed by atoms with van der Waals surface area (Å²) in [6.07, 6.45) is 0.744. The molecule has 1 aliphatic heterocycles. The van der Waals surface area contributed by atoms with Crippen LogP contribution in [0.5, 0.6) is 0 Å². The van der Waals surface area contributed by atoms with Crippen LogP contribution in [0.2, 0.25) is 0 Å². The number of amides is 1. The van der Waals surface area contributed by atoms with Gasteiger partial charge in [0.2, 0.25) is 0 Å². The molecule has 1 aromatic heterocycles. The topological polar surface area (TPSA) is 105 Å². The van der Waals surface area contributed by atoms with Gasteiger partial charge in [-0.1, -0.05) is 0 Å². The number of fused-ring (bicyclic) bond motifs is 1. The summed E-state index contributed by atoms with van der Waals surface area (Å²) in [5, 5.41) is 12.7. The molecule has 8 nitrogen and oxygen atoms in total. The number of carbonyl (C=O) groups excluding carboxylic acids is 2. The minimum Gasteiger partial charge on any atom is -0.468 e. The van der Waals surface area contributed by atoms with Gasteiger partial charge in [-0.15, -0.1) is 0 Å². The van der Waals surface area contributed by atoms with Crippen molar-refractivity contribution in [3.05, 3.63) is 36.0 Å². The van der Waals surface area contributed by atoms with E-state index in [0.29, 0.717) is 24.2 Å². The molecule has 8 heteroatoms. The maximum Gasteiger partial charge on any atom is 0.325 e. The molecule has 2 heterocycles. The molecule has 2 aromatic rings. The summed E-state index contributed by atoms with van der Waals surface area (Å²) in [4.78, 5) is 30.0. The maximum atomic E-state index is 12.4. The van der Waals surface area contributed by atoms with Crippen LogP contribution >= 0.6 is 0 Å². The van der Waals surface area contributed by atoms with Crippen molar-refractivity contribution in [2.45, 2.75) is 19.1 Å². The summed E-state index contributed by atoms with van der Waals surface area (Å²) in [6.45, 7) is 2.61. The second-order valence-electron chi connectivity index (χ2n) is 6.28. The van der Waals surface area contributed by atoms with E-state index in [2.05, 4.69) is 21.1 Å². The molecule has 27 heavy (non-hydrogen) atoms. The van der Waals surface area contributed by atoms with Crippen LogP contribution in [0.1, 0.15) is 12.5 Å². The van der Waals surface area contributed by atoms with Gasteiger partial charge in [0, 0.05) is 23.8 Å². The van der Waals surface area contributed by atoms with E-state index in [4.69, 9.17) is 4.74 Å². The normalized spacial score (nSPS) is 19.4. The summed E-state index contributed by atoms with van der Waals surface area (Å²) in [5.74, 6) is -0.888. The number of nitrogens with zero attached hydrogens (tertiary/aromatic N) is 3. The second-order valence-corrected chi connectivity index (χ2v) is 6.28. The Morgan fingerprint density at radius 1 is 1.41 bits per heavy atom. The fraction of sp³-hybridized carbons (Fsp3) is 0.368. The van der Waals surface area contributed by atoms with E-state index in [1.54, 1.807) is 12.3 Å². The summed E-state index contributed by atoms with van der Waals surface area (Å²) >= 11 is 0. The smallest absolute Gasteiger partial charge is 0.325 e. The molecule has 1 saturated heterocycles. The Hall–Kier alpha value is -3.18. The van der Waals surface area contributed by atoms with E-state index in [9.17, 15) is 14.9 Å². The minimum absolute atomic E-state index is 0.185. The fourth-order valence-electron chi connectivity index (χ4n) is 3.16. The second kappa shape index (κ2) is 8.01. The number of nitriles is 1. The number of anilines is 1. The van der Waals surface area contributed by atoms with Gasteiger partial charge in [-0.25, -0.2) is 0 Å². The number of pyridine rings is 1. The highest BCUT2D eigenvalue weighted by Gasteiger charge is 2.31. The van der Waals surface area contributed by atoms with E-state index in [1.165, 1.54) is 7.11 Å². The third-order valence-electron chi connectivity index (χ3n) is 4.40. The number of carbonyl (C=O) groups is 2. The number of ether oxygens (including phenoxy) is 2. The Balaban J connectivity index is 1.85. The van der Waals surface area contributed by atoms with Crippen molar-refractivity contribution >= 4 is 28.5 Å². The van der Waals surface area contributed by atoms with Crippen LogP contribution in [0.15, 0.2) is 30.5 Å². The van der Waals surface area contributed by atoms with Gasteiger partial charge in [-0.2, -0.15) is 5.26 Å². The van der Waals surface area contributed by atoms with Crippen LogP contribution in [0.4, 0.5) is 5.69 Å². The highest BCUT2D eigenvalue weighted by atomic mass is 16.5. The van der Waals surface area contributed by atoms with Gasteiger partial charge in [-0.3, -0.25) is 14.6 Å². The molecular weight excluding hydrogens is 348 g/mol. The van der Waals surface area contributed by atoms with Crippen molar-refractivity contribution in [1.29, 1.82) is 5.26 Å². The number of esters is 1. The van der Waals surface area contributed by atoms with Crippen LogP contribution in [0.25, 0.3) is 10.9 Å². The molecule has 0 spiro atoms. The highest BCUT2D eigenvalue weighted by molar-refractivity contribution is 5.95. The van der Waals surface area contributed by atoms with Crippen LogP contribution in [0, 0.1) is 11.3 Å². The molecule has 1 aliphatic rings. The standard InChI is InChI=1S/C19H20N4O4/c1-12-10-23(11-16(27-12)19(25)22-9-17(24)26-2)15-6-5-13(8-20)18-14(15)4-3-7-21-18/h3-7,12,16H,9-11H2,1-2H3,(H,22,25)/t12-,16-/m1/s1. The quantitative estimate of drug-likeness (QED) is 0.803. The summed E-state index contributed by atoms with van der Waals surface area (Å²) < 4.78 is 10.3. The van der Waals surface area contributed by atoms with Gasteiger partial charge in [0.05, 0.1) is 30.8 Å². The monoisotopic (exact) mass is 368 g/mol. The van der Waals surface area contributed by atoms with Crippen LogP contribution in [0.3, 0.4) is 0 Å². The molecule has 0 bridgehead atoms. The zero-order chi connectivity index (χ0) is 19.4. The Morgan fingerprint density at radius 3 is 2.96 bits per heavy atom. The molecule has 140 valence electrons. The lowest BCUT2D eigenvalue weighted by molar-refractivity contribution is -0.144.